The molecular formula is C24H32Cl2N6O3. The van der Waals surface area contributed by atoms with Crippen LogP contribution in [0.15, 0.2) is 42.5 Å². The lowest BCUT2D eigenvalue weighted by Gasteiger charge is -2.24. The SMILES string of the molecule is NCCN(CCN)C(=O)C[C@H](N)C(=O)N[C@@H](CCc1ccccc1)C(=O)Cc1cc(Cl)nc(Cl)c1. The Morgan fingerprint density at radius 2 is 1.57 bits per heavy atom. The molecule has 2 aromatic rings. The summed E-state index contributed by atoms with van der Waals surface area (Å²) in [4.78, 5) is 43.9. The molecule has 35 heavy (non-hydrogen) atoms. The third kappa shape index (κ3) is 9.91. The van der Waals surface area contributed by atoms with Crippen molar-refractivity contribution < 1.29 is 14.4 Å². The highest BCUT2D eigenvalue weighted by atomic mass is 35.5. The minimum absolute atomic E-state index is 0.00333. The molecule has 0 aliphatic heterocycles. The van der Waals surface area contributed by atoms with Crippen LogP contribution in [0, 0.1) is 0 Å². The molecule has 1 heterocycles. The molecule has 0 spiro atoms. The van der Waals surface area contributed by atoms with Crippen LogP contribution in [-0.4, -0.2) is 65.7 Å². The van der Waals surface area contributed by atoms with Crippen molar-refractivity contribution in [3.8, 4) is 0 Å². The van der Waals surface area contributed by atoms with E-state index in [0.717, 1.165) is 5.56 Å². The van der Waals surface area contributed by atoms with Crippen molar-refractivity contribution in [2.45, 2.75) is 37.8 Å². The molecule has 1 aromatic carbocycles. The number of pyridine rings is 1. The minimum atomic E-state index is -1.13. The van der Waals surface area contributed by atoms with Crippen LogP contribution in [0.5, 0.6) is 0 Å². The van der Waals surface area contributed by atoms with Crippen molar-refractivity contribution >= 4 is 40.8 Å². The first-order chi connectivity index (χ1) is 16.7. The topological polar surface area (TPSA) is 157 Å². The van der Waals surface area contributed by atoms with Gasteiger partial charge in [-0.2, -0.15) is 0 Å². The van der Waals surface area contributed by atoms with Crippen LogP contribution < -0.4 is 22.5 Å². The van der Waals surface area contributed by atoms with Gasteiger partial charge in [0.2, 0.25) is 11.8 Å². The first-order valence-corrected chi connectivity index (χ1v) is 12.1. The molecular weight excluding hydrogens is 491 g/mol. The Morgan fingerprint density at radius 1 is 0.971 bits per heavy atom. The van der Waals surface area contributed by atoms with E-state index < -0.39 is 18.0 Å². The lowest BCUT2D eigenvalue weighted by atomic mass is 9.97. The predicted molar refractivity (Wildman–Crippen MR) is 137 cm³/mol. The Kier molecular flexibility index (Phi) is 12.1. The van der Waals surface area contributed by atoms with E-state index in [2.05, 4.69) is 10.3 Å². The molecule has 9 nitrogen and oxygen atoms in total. The largest absolute Gasteiger partial charge is 0.345 e. The van der Waals surface area contributed by atoms with Crippen molar-refractivity contribution in [1.82, 2.24) is 15.2 Å². The summed E-state index contributed by atoms with van der Waals surface area (Å²) in [5.74, 6) is -1.15. The Labute approximate surface area is 215 Å². The summed E-state index contributed by atoms with van der Waals surface area (Å²) in [6.45, 7) is 1.18. The van der Waals surface area contributed by atoms with Gasteiger partial charge in [0.1, 0.15) is 10.3 Å². The van der Waals surface area contributed by atoms with Gasteiger partial charge in [-0.05, 0) is 36.1 Å². The zero-order chi connectivity index (χ0) is 25.8. The smallest absolute Gasteiger partial charge is 0.238 e. The Morgan fingerprint density at radius 3 is 2.14 bits per heavy atom. The quantitative estimate of drug-likeness (QED) is 0.270. The number of nitrogens with one attached hydrogen (secondary N) is 1. The van der Waals surface area contributed by atoms with Gasteiger partial charge in [0.25, 0.3) is 0 Å². The maximum absolute atomic E-state index is 13.2. The van der Waals surface area contributed by atoms with Crippen molar-refractivity contribution in [3.63, 3.8) is 0 Å². The third-order valence-corrected chi connectivity index (χ3v) is 5.74. The molecule has 0 aliphatic carbocycles. The van der Waals surface area contributed by atoms with E-state index in [1.54, 1.807) is 12.1 Å². The molecule has 2 amide bonds. The number of nitrogens with zero attached hydrogens (tertiary/aromatic N) is 2. The van der Waals surface area contributed by atoms with E-state index in [4.69, 9.17) is 40.4 Å². The highest BCUT2D eigenvalue weighted by molar-refractivity contribution is 6.32. The van der Waals surface area contributed by atoms with Crippen LogP contribution in [-0.2, 0) is 27.2 Å². The Bertz CT molecular complexity index is 966. The van der Waals surface area contributed by atoms with Crippen LogP contribution >= 0.6 is 23.2 Å². The number of amides is 2. The molecule has 2 rings (SSSR count). The van der Waals surface area contributed by atoms with E-state index in [1.165, 1.54) is 4.90 Å². The molecule has 0 fully saturated rings. The first-order valence-electron chi connectivity index (χ1n) is 11.4. The first kappa shape index (κ1) is 28.7. The van der Waals surface area contributed by atoms with E-state index in [0.29, 0.717) is 31.5 Å². The van der Waals surface area contributed by atoms with Gasteiger partial charge in [0.15, 0.2) is 5.78 Å². The van der Waals surface area contributed by atoms with Crippen LogP contribution in [0.25, 0.3) is 0 Å². The second-order valence-electron chi connectivity index (χ2n) is 8.12. The normalized spacial score (nSPS) is 12.6. The number of carbonyl (C=O) groups excluding carboxylic acids is 3. The van der Waals surface area contributed by atoms with Gasteiger partial charge in [0, 0.05) is 32.6 Å². The number of hydrogen-bond acceptors (Lipinski definition) is 7. The van der Waals surface area contributed by atoms with Gasteiger partial charge >= 0.3 is 0 Å². The van der Waals surface area contributed by atoms with E-state index in [1.807, 2.05) is 30.3 Å². The minimum Gasteiger partial charge on any atom is -0.345 e. The number of halogens is 2. The molecule has 0 bridgehead atoms. The second-order valence-corrected chi connectivity index (χ2v) is 8.89. The number of aromatic nitrogens is 1. The zero-order valence-corrected chi connectivity index (χ0v) is 21.0. The van der Waals surface area contributed by atoms with Gasteiger partial charge in [0.05, 0.1) is 18.5 Å². The van der Waals surface area contributed by atoms with E-state index in [-0.39, 0.29) is 47.9 Å². The molecule has 7 N–H and O–H groups in total. The molecule has 190 valence electrons. The fourth-order valence-corrected chi connectivity index (χ4v) is 4.08. The summed E-state index contributed by atoms with van der Waals surface area (Å²) < 4.78 is 0. The fourth-order valence-electron chi connectivity index (χ4n) is 3.57. The summed E-state index contributed by atoms with van der Waals surface area (Å²) in [5.41, 5.74) is 18.7. The molecule has 0 aliphatic rings. The Balaban J connectivity index is 2.10. The van der Waals surface area contributed by atoms with Gasteiger partial charge in [-0.15, -0.1) is 0 Å². The van der Waals surface area contributed by atoms with E-state index in [9.17, 15) is 14.4 Å². The summed E-state index contributed by atoms with van der Waals surface area (Å²) in [5, 5.41) is 3.07. The van der Waals surface area contributed by atoms with Crippen LogP contribution in [0.2, 0.25) is 10.3 Å². The van der Waals surface area contributed by atoms with Crippen LogP contribution in [0.4, 0.5) is 0 Å². The number of ketones is 1. The molecule has 0 saturated heterocycles. The fraction of sp³-hybridized carbons (Fsp3) is 0.417. The maximum Gasteiger partial charge on any atom is 0.238 e. The Hall–Kier alpha value is -2.56. The van der Waals surface area contributed by atoms with Crippen molar-refractivity contribution in [1.29, 1.82) is 0 Å². The van der Waals surface area contributed by atoms with Gasteiger partial charge in [-0.3, -0.25) is 14.4 Å². The lowest BCUT2D eigenvalue weighted by molar-refractivity contribution is -0.134. The monoisotopic (exact) mass is 522 g/mol. The number of aryl methyl sites for hydroxylation is 1. The molecule has 0 unspecified atom stereocenters. The number of benzene rings is 1. The summed E-state index contributed by atoms with van der Waals surface area (Å²) in [7, 11) is 0. The molecule has 2 atom stereocenters. The molecule has 1 aromatic heterocycles. The van der Waals surface area contributed by atoms with Crippen LogP contribution in [0.3, 0.4) is 0 Å². The number of carbonyl (C=O) groups is 3. The highest BCUT2D eigenvalue weighted by Gasteiger charge is 2.26. The van der Waals surface area contributed by atoms with Gasteiger partial charge < -0.3 is 27.4 Å². The van der Waals surface area contributed by atoms with Gasteiger partial charge in [-0.25, -0.2) is 4.98 Å². The van der Waals surface area contributed by atoms with Crippen LogP contribution in [0.1, 0.15) is 24.0 Å². The lowest BCUT2D eigenvalue weighted by Crippen LogP contribution is -2.51. The molecule has 0 saturated carbocycles. The zero-order valence-electron chi connectivity index (χ0n) is 19.5. The van der Waals surface area contributed by atoms with Crippen molar-refractivity contribution in [2.75, 3.05) is 26.2 Å². The number of nitrogens with two attached hydrogens (primary N) is 3. The standard InChI is InChI=1S/C24H32Cl2N6O3/c25-21-13-17(14-22(26)31-21)12-20(33)19(7-6-16-4-2-1-3-5-16)30-24(35)18(29)15-23(34)32(10-8-27)11-9-28/h1-5,13-14,18-19H,6-12,15,27-29H2,(H,30,35)/t18-,19-/m0/s1. The predicted octanol–water partition coefficient (Wildman–Crippen LogP) is 1.08. The average Bonchev–Trinajstić information content (AvgIpc) is 2.81. The van der Waals surface area contributed by atoms with Gasteiger partial charge in [-0.1, -0.05) is 53.5 Å². The maximum atomic E-state index is 13.2. The summed E-state index contributed by atoms with van der Waals surface area (Å²) >= 11 is 11.9. The number of rotatable bonds is 14. The average molecular weight is 523 g/mol. The van der Waals surface area contributed by atoms with Crippen molar-refractivity contribution in [2.24, 2.45) is 17.2 Å². The molecule has 0 radical (unpaired) electrons. The van der Waals surface area contributed by atoms with Crippen molar-refractivity contribution in [3.05, 3.63) is 63.9 Å². The number of Topliss-reactive ketones (excluding diaryl/α,β-unsaturated/α-hetero) is 1. The third-order valence-electron chi connectivity index (χ3n) is 5.35. The summed E-state index contributed by atoms with van der Waals surface area (Å²) in [6, 6.07) is 10.8. The van der Waals surface area contributed by atoms with E-state index >= 15 is 0 Å². The highest BCUT2D eigenvalue weighted by Crippen LogP contribution is 2.17. The summed E-state index contributed by atoms with van der Waals surface area (Å²) in [6.07, 6.45) is 0.691. The second kappa shape index (κ2) is 14.8. The number of hydrogen-bond donors (Lipinski definition) is 4. The molecule has 11 heteroatoms.